The zero-order valence-electron chi connectivity index (χ0n) is 6.59. The maximum atomic E-state index is 5.42. The zero-order valence-corrected chi connectivity index (χ0v) is 8.17. The van der Waals surface area contributed by atoms with E-state index in [0.717, 1.165) is 28.8 Å². The third-order valence-electron chi connectivity index (χ3n) is 1.83. The fourth-order valence-electron chi connectivity index (χ4n) is 1.23. The smallest absolute Gasteiger partial charge is 0.122 e. The van der Waals surface area contributed by atoms with Gasteiger partial charge in [-0.2, -0.15) is 0 Å². The number of rotatable bonds is 1. The van der Waals surface area contributed by atoms with Crippen molar-refractivity contribution in [3.05, 3.63) is 40.4 Å². The van der Waals surface area contributed by atoms with E-state index in [1.807, 2.05) is 12.1 Å². The third-order valence-corrected chi connectivity index (χ3v) is 2.36. The van der Waals surface area contributed by atoms with E-state index in [2.05, 4.69) is 34.1 Å². The molecule has 0 aromatic heterocycles. The van der Waals surface area contributed by atoms with Gasteiger partial charge in [0.15, 0.2) is 0 Å². The molecule has 2 rings (SSSR count). The van der Waals surface area contributed by atoms with Crippen LogP contribution in [0.2, 0.25) is 0 Å². The summed E-state index contributed by atoms with van der Waals surface area (Å²) in [5, 5.41) is 0. The second-order valence-electron chi connectivity index (χ2n) is 2.71. The van der Waals surface area contributed by atoms with E-state index in [4.69, 9.17) is 4.74 Å². The van der Waals surface area contributed by atoms with E-state index in [1.165, 1.54) is 0 Å². The van der Waals surface area contributed by atoms with Gasteiger partial charge >= 0.3 is 0 Å². The van der Waals surface area contributed by atoms with Crippen LogP contribution in [0.5, 0.6) is 0 Å². The van der Waals surface area contributed by atoms with Crippen molar-refractivity contribution in [3.8, 4) is 0 Å². The first-order chi connectivity index (χ1) is 5.86. The normalized spacial score (nSPS) is 15.6. The maximum Gasteiger partial charge on any atom is 0.122 e. The minimum atomic E-state index is 0.825. The van der Waals surface area contributed by atoms with Gasteiger partial charge in [0.25, 0.3) is 0 Å². The van der Waals surface area contributed by atoms with Crippen LogP contribution in [0.15, 0.2) is 34.8 Å². The van der Waals surface area contributed by atoms with Crippen LogP contribution in [0.25, 0.3) is 5.76 Å². The van der Waals surface area contributed by atoms with Gasteiger partial charge in [0, 0.05) is 16.5 Å². The van der Waals surface area contributed by atoms with Crippen molar-refractivity contribution < 1.29 is 4.74 Å². The minimum absolute atomic E-state index is 0.825. The molecular weight excluding hydrogens is 216 g/mol. The van der Waals surface area contributed by atoms with Crippen LogP contribution < -0.4 is 0 Å². The van der Waals surface area contributed by atoms with Crippen LogP contribution in [-0.4, -0.2) is 6.61 Å². The van der Waals surface area contributed by atoms with E-state index in [-0.39, 0.29) is 0 Å². The highest BCUT2D eigenvalue weighted by Crippen LogP contribution is 2.22. The Balaban J connectivity index is 2.28. The molecule has 62 valence electrons. The molecule has 1 aromatic rings. The summed E-state index contributed by atoms with van der Waals surface area (Å²) < 4.78 is 6.53. The molecule has 1 heterocycles. The number of benzene rings is 1. The van der Waals surface area contributed by atoms with Crippen LogP contribution in [0, 0.1) is 0 Å². The summed E-state index contributed by atoms with van der Waals surface area (Å²) in [7, 11) is 0. The number of halogens is 1. The van der Waals surface area contributed by atoms with Crippen molar-refractivity contribution in [1.29, 1.82) is 0 Å². The zero-order chi connectivity index (χ0) is 8.39. The standard InChI is InChI=1S/C10H9BrO/c11-9-5-3-8(4-6-9)10-2-1-7-12-10/h2-6H,1,7H2. The highest BCUT2D eigenvalue weighted by molar-refractivity contribution is 9.10. The van der Waals surface area contributed by atoms with E-state index in [0.29, 0.717) is 0 Å². The fraction of sp³-hybridized carbons (Fsp3) is 0.200. The number of hydrogen-bond donors (Lipinski definition) is 0. The summed E-state index contributed by atoms with van der Waals surface area (Å²) in [5.74, 6) is 1.02. The summed E-state index contributed by atoms with van der Waals surface area (Å²) in [6.45, 7) is 0.825. The lowest BCUT2D eigenvalue weighted by Gasteiger charge is -2.02. The summed E-state index contributed by atoms with van der Waals surface area (Å²) in [5.41, 5.74) is 1.16. The predicted molar refractivity (Wildman–Crippen MR) is 52.7 cm³/mol. The molecule has 0 atom stereocenters. The van der Waals surface area contributed by atoms with Gasteiger partial charge in [0.05, 0.1) is 6.61 Å². The topological polar surface area (TPSA) is 9.23 Å². The van der Waals surface area contributed by atoms with Crippen LogP contribution >= 0.6 is 15.9 Å². The number of hydrogen-bond acceptors (Lipinski definition) is 1. The van der Waals surface area contributed by atoms with Gasteiger partial charge in [-0.15, -0.1) is 0 Å². The lowest BCUT2D eigenvalue weighted by molar-refractivity contribution is 0.307. The average molecular weight is 225 g/mol. The molecule has 0 fully saturated rings. The first-order valence-electron chi connectivity index (χ1n) is 3.95. The molecule has 0 bridgehead atoms. The SMILES string of the molecule is Brc1ccc(C2=CCCO2)cc1. The van der Waals surface area contributed by atoms with Gasteiger partial charge in [-0.25, -0.2) is 0 Å². The Labute approximate surface area is 80.2 Å². The lowest BCUT2D eigenvalue weighted by atomic mass is 10.2. The minimum Gasteiger partial charge on any atom is -0.493 e. The van der Waals surface area contributed by atoms with E-state index in [1.54, 1.807) is 0 Å². The predicted octanol–water partition coefficient (Wildman–Crippen LogP) is 3.21. The molecule has 2 heteroatoms. The van der Waals surface area contributed by atoms with Gasteiger partial charge in [0.1, 0.15) is 5.76 Å². The Morgan fingerprint density at radius 3 is 2.50 bits per heavy atom. The van der Waals surface area contributed by atoms with Crippen molar-refractivity contribution in [3.63, 3.8) is 0 Å². The van der Waals surface area contributed by atoms with Crippen LogP contribution in [0.4, 0.5) is 0 Å². The Morgan fingerprint density at radius 2 is 1.92 bits per heavy atom. The Bertz CT molecular complexity index is 300. The van der Waals surface area contributed by atoms with Crippen LogP contribution in [0.1, 0.15) is 12.0 Å². The molecule has 1 nitrogen and oxygen atoms in total. The Morgan fingerprint density at radius 1 is 1.17 bits per heavy atom. The quantitative estimate of drug-likeness (QED) is 0.713. The van der Waals surface area contributed by atoms with Crippen molar-refractivity contribution in [2.24, 2.45) is 0 Å². The molecular formula is C10H9BrO. The summed E-state index contributed by atoms with van der Waals surface area (Å²) in [4.78, 5) is 0. The molecule has 0 saturated heterocycles. The monoisotopic (exact) mass is 224 g/mol. The first kappa shape index (κ1) is 7.87. The van der Waals surface area contributed by atoms with Gasteiger partial charge in [-0.3, -0.25) is 0 Å². The summed E-state index contributed by atoms with van der Waals surface area (Å²) in [6, 6.07) is 8.16. The highest BCUT2D eigenvalue weighted by Gasteiger charge is 2.06. The summed E-state index contributed by atoms with van der Waals surface area (Å²) in [6.07, 6.45) is 3.16. The van der Waals surface area contributed by atoms with E-state index in [9.17, 15) is 0 Å². The molecule has 0 saturated carbocycles. The molecule has 0 unspecified atom stereocenters. The second kappa shape index (κ2) is 3.31. The van der Waals surface area contributed by atoms with Crippen molar-refractivity contribution in [2.45, 2.75) is 6.42 Å². The average Bonchev–Trinajstić information content (AvgIpc) is 2.58. The number of ether oxygens (including phenoxy) is 1. The van der Waals surface area contributed by atoms with E-state index < -0.39 is 0 Å². The Hall–Kier alpha value is -0.760. The molecule has 1 aliphatic heterocycles. The van der Waals surface area contributed by atoms with Crippen LogP contribution in [0.3, 0.4) is 0 Å². The van der Waals surface area contributed by atoms with Gasteiger partial charge in [0.2, 0.25) is 0 Å². The molecule has 0 radical (unpaired) electrons. The molecule has 0 N–H and O–H groups in total. The molecule has 12 heavy (non-hydrogen) atoms. The fourth-order valence-corrected chi connectivity index (χ4v) is 1.50. The molecule has 0 amide bonds. The van der Waals surface area contributed by atoms with E-state index >= 15 is 0 Å². The highest BCUT2D eigenvalue weighted by atomic mass is 79.9. The third kappa shape index (κ3) is 1.53. The molecule has 0 spiro atoms. The van der Waals surface area contributed by atoms with Gasteiger partial charge in [-0.1, -0.05) is 28.1 Å². The molecule has 0 aliphatic carbocycles. The largest absolute Gasteiger partial charge is 0.493 e. The summed E-state index contributed by atoms with van der Waals surface area (Å²) >= 11 is 3.39. The van der Waals surface area contributed by atoms with Crippen LogP contribution in [-0.2, 0) is 4.74 Å². The van der Waals surface area contributed by atoms with Crippen molar-refractivity contribution in [1.82, 2.24) is 0 Å². The van der Waals surface area contributed by atoms with Gasteiger partial charge < -0.3 is 4.74 Å². The second-order valence-corrected chi connectivity index (χ2v) is 3.63. The maximum absolute atomic E-state index is 5.42. The van der Waals surface area contributed by atoms with Crippen molar-refractivity contribution in [2.75, 3.05) is 6.61 Å². The molecule has 1 aliphatic rings. The first-order valence-corrected chi connectivity index (χ1v) is 4.74. The lowest BCUT2D eigenvalue weighted by Crippen LogP contribution is -1.84. The van der Waals surface area contributed by atoms with Gasteiger partial charge in [-0.05, 0) is 18.2 Å². The van der Waals surface area contributed by atoms with Crippen molar-refractivity contribution >= 4 is 21.7 Å². The Kier molecular flexibility index (Phi) is 2.17. The molecule has 1 aromatic carbocycles.